The molecule has 29 heavy (non-hydrogen) atoms. The first-order valence-corrected chi connectivity index (χ1v) is 8.88. The number of hydrogen-bond donors (Lipinski definition) is 2. The van der Waals surface area contributed by atoms with Gasteiger partial charge in [0.1, 0.15) is 16.7 Å². The third-order valence-electron chi connectivity index (χ3n) is 5.44. The number of nitrogens with one attached hydrogen (secondary N) is 1. The van der Waals surface area contributed by atoms with Gasteiger partial charge in [-0.3, -0.25) is 24.7 Å². The fourth-order valence-corrected chi connectivity index (χ4v) is 4.01. The molecular weight excluding hydrogens is 381 g/mol. The van der Waals surface area contributed by atoms with Gasteiger partial charge in [0.15, 0.2) is 17.1 Å². The smallest absolute Gasteiger partial charge is 0.257 e. The molecule has 5 rings (SSSR count). The molecule has 0 aliphatic carbocycles. The fraction of sp³-hybridized carbons (Fsp3) is 0.200. The molecule has 1 saturated heterocycles. The quantitative estimate of drug-likeness (QED) is 0.652. The highest BCUT2D eigenvalue weighted by atomic mass is 19.1. The molecular formula is C20H14FN3O5. The van der Waals surface area contributed by atoms with E-state index in [1.165, 1.54) is 17.0 Å². The Morgan fingerprint density at radius 2 is 2.10 bits per heavy atom. The maximum absolute atomic E-state index is 14.3. The van der Waals surface area contributed by atoms with Crippen LogP contribution < -0.4 is 5.32 Å². The van der Waals surface area contributed by atoms with Crippen molar-refractivity contribution in [2.75, 3.05) is 6.54 Å². The van der Waals surface area contributed by atoms with Crippen molar-refractivity contribution in [2.24, 2.45) is 0 Å². The Morgan fingerprint density at radius 1 is 1.28 bits per heavy atom. The molecule has 0 bridgehead atoms. The average Bonchev–Trinajstić information content (AvgIpc) is 3.34. The van der Waals surface area contributed by atoms with Gasteiger partial charge in [-0.05, 0) is 23.8 Å². The van der Waals surface area contributed by atoms with Crippen LogP contribution in [-0.2, 0) is 21.5 Å². The fourth-order valence-electron chi connectivity index (χ4n) is 4.01. The van der Waals surface area contributed by atoms with E-state index < -0.39 is 34.7 Å². The number of carbonyl (C=O) groups is 3. The van der Waals surface area contributed by atoms with Crippen LogP contribution in [-0.4, -0.2) is 39.3 Å². The Hall–Kier alpha value is -3.75. The maximum atomic E-state index is 14.3. The highest BCUT2D eigenvalue weighted by molar-refractivity contribution is 6.10. The van der Waals surface area contributed by atoms with E-state index in [0.717, 1.165) is 0 Å². The molecule has 9 heteroatoms. The van der Waals surface area contributed by atoms with Crippen molar-refractivity contribution >= 4 is 28.8 Å². The number of rotatable bonds is 3. The van der Waals surface area contributed by atoms with Gasteiger partial charge < -0.3 is 14.4 Å². The molecule has 1 aromatic carbocycles. The highest BCUT2D eigenvalue weighted by Crippen LogP contribution is 2.39. The Balaban J connectivity index is 1.57. The minimum Gasteiger partial charge on any atom is -0.505 e. The molecule has 4 heterocycles. The predicted octanol–water partition coefficient (Wildman–Crippen LogP) is 1.61. The second-order valence-corrected chi connectivity index (χ2v) is 7.23. The molecule has 2 N–H and O–H groups in total. The maximum Gasteiger partial charge on any atom is 0.257 e. The first-order chi connectivity index (χ1) is 13.9. The van der Waals surface area contributed by atoms with Crippen molar-refractivity contribution in [2.45, 2.75) is 18.4 Å². The minimum absolute atomic E-state index is 0.0487. The van der Waals surface area contributed by atoms with Crippen LogP contribution in [0.1, 0.15) is 28.1 Å². The number of aromatic hydroxyl groups is 1. The number of phenols is 1. The first-order valence-electron chi connectivity index (χ1n) is 8.88. The van der Waals surface area contributed by atoms with E-state index in [9.17, 15) is 23.9 Å². The van der Waals surface area contributed by atoms with E-state index in [4.69, 9.17) is 4.42 Å². The molecule has 0 saturated carbocycles. The molecule has 0 radical (unpaired) electrons. The first kappa shape index (κ1) is 17.4. The summed E-state index contributed by atoms with van der Waals surface area (Å²) in [7, 11) is 0. The van der Waals surface area contributed by atoms with Gasteiger partial charge >= 0.3 is 0 Å². The van der Waals surface area contributed by atoms with Crippen LogP contribution in [0.3, 0.4) is 0 Å². The topological polar surface area (TPSA) is 113 Å². The van der Waals surface area contributed by atoms with Crippen molar-refractivity contribution in [3.8, 4) is 5.75 Å². The lowest BCUT2D eigenvalue weighted by atomic mass is 9.82. The predicted molar refractivity (Wildman–Crippen MR) is 96.3 cm³/mol. The summed E-state index contributed by atoms with van der Waals surface area (Å²) in [5.74, 6) is -3.14. The van der Waals surface area contributed by atoms with Crippen LogP contribution in [0.5, 0.6) is 5.75 Å². The SMILES string of the molecule is O=C1C[C@@](CN2Cc3ccc(O)c(F)c3C2=O)(c2cc3ncccc3o2)C(=O)N1. The molecule has 3 aromatic rings. The summed E-state index contributed by atoms with van der Waals surface area (Å²) in [6.45, 7) is -0.134. The third-order valence-corrected chi connectivity index (χ3v) is 5.44. The van der Waals surface area contributed by atoms with E-state index in [-0.39, 0.29) is 30.8 Å². The summed E-state index contributed by atoms with van der Waals surface area (Å²) in [6, 6.07) is 7.58. The lowest BCUT2D eigenvalue weighted by Crippen LogP contribution is -2.46. The zero-order valence-electron chi connectivity index (χ0n) is 14.9. The van der Waals surface area contributed by atoms with E-state index in [1.807, 2.05) is 0 Å². The van der Waals surface area contributed by atoms with Crippen LogP contribution in [0.15, 0.2) is 40.9 Å². The van der Waals surface area contributed by atoms with E-state index in [0.29, 0.717) is 16.7 Å². The van der Waals surface area contributed by atoms with E-state index >= 15 is 0 Å². The number of carbonyl (C=O) groups excluding carboxylic acids is 3. The molecule has 1 fully saturated rings. The van der Waals surface area contributed by atoms with Crippen LogP contribution >= 0.6 is 0 Å². The number of pyridine rings is 1. The lowest BCUT2D eigenvalue weighted by molar-refractivity contribution is -0.126. The monoisotopic (exact) mass is 395 g/mol. The number of phenolic OH excluding ortho intramolecular Hbond substituents is 1. The second-order valence-electron chi connectivity index (χ2n) is 7.23. The number of benzene rings is 1. The van der Waals surface area contributed by atoms with Gasteiger partial charge in [-0.2, -0.15) is 0 Å². The van der Waals surface area contributed by atoms with Gasteiger partial charge in [0.2, 0.25) is 11.8 Å². The minimum atomic E-state index is -1.45. The van der Waals surface area contributed by atoms with Gasteiger partial charge in [0.25, 0.3) is 5.91 Å². The number of imide groups is 1. The summed E-state index contributed by atoms with van der Waals surface area (Å²) in [5, 5.41) is 11.9. The van der Waals surface area contributed by atoms with E-state index in [1.54, 1.807) is 24.4 Å². The second kappa shape index (κ2) is 5.87. The Kier molecular flexibility index (Phi) is 3.51. The number of nitrogens with zero attached hydrogens (tertiary/aromatic N) is 2. The van der Waals surface area contributed by atoms with Gasteiger partial charge in [0.05, 0.1) is 12.0 Å². The van der Waals surface area contributed by atoms with Crippen molar-refractivity contribution in [3.63, 3.8) is 0 Å². The zero-order valence-corrected chi connectivity index (χ0v) is 14.9. The third kappa shape index (κ3) is 2.43. The largest absolute Gasteiger partial charge is 0.505 e. The lowest BCUT2D eigenvalue weighted by Gasteiger charge is -2.28. The molecule has 1 atom stereocenters. The summed E-state index contributed by atoms with van der Waals surface area (Å²) in [4.78, 5) is 43.1. The van der Waals surface area contributed by atoms with Crippen molar-refractivity contribution in [3.05, 3.63) is 59.2 Å². The summed E-state index contributed by atoms with van der Waals surface area (Å²) >= 11 is 0. The molecule has 3 amide bonds. The molecule has 2 aliphatic heterocycles. The van der Waals surface area contributed by atoms with Crippen LogP contribution in [0.2, 0.25) is 0 Å². The standard InChI is InChI=1S/C20H14FN3O5/c21-17-12(25)4-3-10-8-24(18(27)16(10)17)9-20(7-15(26)23-19(20)28)14-6-11-13(29-14)2-1-5-22-11/h1-6,25H,7-9H2,(H,23,26,28)/t20-/m1/s1. The van der Waals surface area contributed by atoms with Gasteiger partial charge in [0, 0.05) is 25.4 Å². The Labute approximate surface area is 162 Å². The van der Waals surface area contributed by atoms with Gasteiger partial charge in [-0.1, -0.05) is 6.07 Å². The number of fused-ring (bicyclic) bond motifs is 2. The van der Waals surface area contributed by atoms with Crippen LogP contribution in [0.25, 0.3) is 11.1 Å². The molecule has 146 valence electrons. The van der Waals surface area contributed by atoms with E-state index in [2.05, 4.69) is 10.3 Å². The van der Waals surface area contributed by atoms with Gasteiger partial charge in [-0.15, -0.1) is 0 Å². The Morgan fingerprint density at radius 3 is 2.83 bits per heavy atom. The highest BCUT2D eigenvalue weighted by Gasteiger charge is 2.53. The number of hydrogen-bond acceptors (Lipinski definition) is 6. The summed E-state index contributed by atoms with van der Waals surface area (Å²) < 4.78 is 20.1. The number of furan rings is 1. The van der Waals surface area contributed by atoms with Crippen LogP contribution in [0, 0.1) is 5.82 Å². The van der Waals surface area contributed by atoms with Crippen LogP contribution in [0.4, 0.5) is 4.39 Å². The zero-order chi connectivity index (χ0) is 20.3. The number of aromatic nitrogens is 1. The van der Waals surface area contributed by atoms with Gasteiger partial charge in [-0.25, -0.2) is 4.39 Å². The molecule has 2 aromatic heterocycles. The summed E-state index contributed by atoms with van der Waals surface area (Å²) in [6.07, 6.45) is 1.36. The van der Waals surface area contributed by atoms with Crippen molar-refractivity contribution in [1.29, 1.82) is 0 Å². The molecule has 2 aliphatic rings. The average molecular weight is 395 g/mol. The molecule has 0 spiro atoms. The molecule has 8 nitrogen and oxygen atoms in total. The number of halogens is 1. The molecule has 0 unspecified atom stereocenters. The van der Waals surface area contributed by atoms with Crippen molar-refractivity contribution < 1.29 is 28.3 Å². The number of amides is 3. The summed E-state index contributed by atoms with van der Waals surface area (Å²) in [5.41, 5.74) is -0.316. The Bertz CT molecular complexity index is 1190. The van der Waals surface area contributed by atoms with Crippen molar-refractivity contribution in [1.82, 2.24) is 15.2 Å². The normalized spacial score (nSPS) is 21.1.